The molecule has 33 heavy (non-hydrogen) atoms. The van der Waals surface area contributed by atoms with Crippen LogP contribution in [-0.2, 0) is 21.0 Å². The van der Waals surface area contributed by atoms with Crippen LogP contribution in [0.2, 0.25) is 0 Å². The zero-order valence-corrected chi connectivity index (χ0v) is 18.4. The van der Waals surface area contributed by atoms with E-state index in [9.17, 15) is 17.6 Å². The zero-order valence-electron chi connectivity index (χ0n) is 17.6. The minimum absolute atomic E-state index is 0.00827. The van der Waals surface area contributed by atoms with Gasteiger partial charge in [0.1, 0.15) is 23.7 Å². The summed E-state index contributed by atoms with van der Waals surface area (Å²) in [5, 5.41) is 12.5. The Kier molecular flexibility index (Phi) is 6.77. The number of nitrogens with one attached hydrogen (secondary N) is 1. The highest BCUT2D eigenvalue weighted by Gasteiger charge is 2.28. The number of hydrogen-bond acceptors (Lipinski definition) is 8. The van der Waals surface area contributed by atoms with Crippen LogP contribution in [0.1, 0.15) is 40.9 Å². The number of aromatic nitrogens is 4. The molecule has 1 aliphatic rings. The van der Waals surface area contributed by atoms with Crippen LogP contribution >= 0.6 is 0 Å². The van der Waals surface area contributed by atoms with Crippen LogP contribution in [0.3, 0.4) is 0 Å². The number of rotatable bonds is 9. The molecule has 1 saturated carbocycles. The summed E-state index contributed by atoms with van der Waals surface area (Å²) in [7, 11) is -3.97. The van der Waals surface area contributed by atoms with Gasteiger partial charge in [0.15, 0.2) is 0 Å². The van der Waals surface area contributed by atoms with Gasteiger partial charge in [-0.3, -0.25) is 13.7 Å². The Morgan fingerprint density at radius 1 is 1.30 bits per heavy atom. The lowest BCUT2D eigenvalue weighted by Crippen LogP contribution is -2.22. The largest absolute Gasteiger partial charge is 0.367 e. The van der Waals surface area contributed by atoms with Crippen LogP contribution in [-0.4, -0.2) is 46.6 Å². The Labute approximate surface area is 190 Å². The summed E-state index contributed by atoms with van der Waals surface area (Å²) in [6.45, 7) is 0.348. The molecule has 174 valence electrons. The highest BCUT2D eigenvalue weighted by molar-refractivity contribution is 7.84. The molecule has 2 heterocycles. The standard InChI is InChI=1S/C21H23FN6O4S/c22-16-3-1-2-14(8-16)11-28-7-6-19(27-28)20(29)18-10-24-13-25-21(18)26-17-5-4-15(9-17)12-32-33(23,30)31/h1-3,6-8,10,13,15,17H,4-5,9,11-12H2,(H2,23,30,31)(H,24,25,26)/t15-,17+/m1/s1. The molecule has 3 aromatic rings. The van der Waals surface area contributed by atoms with Crippen molar-refractivity contribution in [3.05, 3.63) is 71.7 Å². The van der Waals surface area contributed by atoms with E-state index in [4.69, 9.17) is 9.32 Å². The van der Waals surface area contributed by atoms with Crippen LogP contribution in [0.25, 0.3) is 0 Å². The molecule has 2 atom stereocenters. The molecule has 0 amide bonds. The van der Waals surface area contributed by atoms with E-state index < -0.39 is 10.3 Å². The lowest BCUT2D eigenvalue weighted by atomic mass is 10.1. The van der Waals surface area contributed by atoms with Crippen molar-refractivity contribution < 1.29 is 21.8 Å². The lowest BCUT2D eigenvalue weighted by Gasteiger charge is -2.15. The van der Waals surface area contributed by atoms with Gasteiger partial charge in [-0.25, -0.2) is 19.5 Å². The molecule has 0 aliphatic heterocycles. The number of ketones is 1. The van der Waals surface area contributed by atoms with Crippen molar-refractivity contribution in [1.29, 1.82) is 0 Å². The summed E-state index contributed by atoms with van der Waals surface area (Å²) >= 11 is 0. The van der Waals surface area contributed by atoms with Gasteiger partial charge in [-0.2, -0.15) is 13.5 Å². The maximum atomic E-state index is 13.4. The van der Waals surface area contributed by atoms with Gasteiger partial charge < -0.3 is 5.32 Å². The molecule has 0 radical (unpaired) electrons. The summed E-state index contributed by atoms with van der Waals surface area (Å²) in [5.41, 5.74) is 1.22. The van der Waals surface area contributed by atoms with E-state index in [0.717, 1.165) is 18.4 Å². The first kappa shape index (κ1) is 23.0. The number of halogens is 1. The van der Waals surface area contributed by atoms with Gasteiger partial charge in [0.25, 0.3) is 0 Å². The maximum Gasteiger partial charge on any atom is 0.333 e. The normalized spacial score (nSPS) is 18.4. The minimum Gasteiger partial charge on any atom is -0.367 e. The minimum atomic E-state index is -3.97. The second-order valence-corrected chi connectivity index (χ2v) is 9.16. The molecule has 12 heteroatoms. The third kappa shape index (κ3) is 6.18. The van der Waals surface area contributed by atoms with Crippen LogP contribution in [0.4, 0.5) is 10.2 Å². The van der Waals surface area contributed by atoms with Crippen molar-refractivity contribution >= 4 is 21.9 Å². The second kappa shape index (κ2) is 9.73. The smallest absolute Gasteiger partial charge is 0.333 e. The van der Waals surface area contributed by atoms with Crippen LogP contribution < -0.4 is 10.5 Å². The first-order chi connectivity index (χ1) is 15.8. The van der Waals surface area contributed by atoms with Crippen LogP contribution in [0, 0.1) is 11.7 Å². The summed E-state index contributed by atoms with van der Waals surface area (Å²) in [6, 6.07) is 7.76. The third-order valence-corrected chi connectivity index (χ3v) is 5.88. The number of carbonyl (C=O) groups excluding carboxylic acids is 1. The predicted octanol–water partition coefficient (Wildman–Crippen LogP) is 1.89. The Morgan fingerprint density at radius 2 is 2.15 bits per heavy atom. The molecule has 0 unspecified atom stereocenters. The topological polar surface area (TPSA) is 142 Å². The fraction of sp³-hybridized carbons (Fsp3) is 0.333. The van der Waals surface area contributed by atoms with Gasteiger partial charge >= 0.3 is 10.3 Å². The second-order valence-electron chi connectivity index (χ2n) is 7.94. The number of nitrogens with zero attached hydrogens (tertiary/aromatic N) is 4. The first-order valence-corrected chi connectivity index (χ1v) is 11.8. The zero-order chi connectivity index (χ0) is 23.4. The number of nitrogens with two attached hydrogens (primary N) is 1. The van der Waals surface area contributed by atoms with Gasteiger partial charge in [-0.1, -0.05) is 12.1 Å². The molecule has 1 fully saturated rings. The van der Waals surface area contributed by atoms with E-state index in [1.807, 2.05) is 0 Å². The molecular formula is C21H23FN6O4S. The van der Waals surface area contributed by atoms with Gasteiger partial charge in [0.05, 0.1) is 18.7 Å². The molecule has 4 rings (SSSR count). The first-order valence-electron chi connectivity index (χ1n) is 10.3. The van der Waals surface area contributed by atoms with E-state index in [2.05, 4.69) is 20.4 Å². The van der Waals surface area contributed by atoms with Crippen LogP contribution in [0.15, 0.2) is 49.1 Å². The van der Waals surface area contributed by atoms with Gasteiger partial charge in [0, 0.05) is 18.4 Å². The van der Waals surface area contributed by atoms with Crippen molar-refractivity contribution in [2.45, 2.75) is 31.8 Å². The average Bonchev–Trinajstić information content (AvgIpc) is 3.41. The molecule has 0 saturated heterocycles. The Bertz CT molecular complexity index is 1250. The van der Waals surface area contributed by atoms with Crippen molar-refractivity contribution in [2.75, 3.05) is 11.9 Å². The van der Waals surface area contributed by atoms with Gasteiger partial charge in [0.2, 0.25) is 5.78 Å². The lowest BCUT2D eigenvalue weighted by molar-refractivity contribution is 0.103. The molecule has 0 spiro atoms. The molecule has 1 aliphatic carbocycles. The maximum absolute atomic E-state index is 13.4. The van der Waals surface area contributed by atoms with Gasteiger partial charge in [-0.15, -0.1) is 0 Å². The number of carbonyl (C=O) groups is 1. The van der Waals surface area contributed by atoms with Crippen LogP contribution in [0.5, 0.6) is 0 Å². The molecule has 10 nitrogen and oxygen atoms in total. The Morgan fingerprint density at radius 3 is 2.94 bits per heavy atom. The number of anilines is 1. The summed E-state index contributed by atoms with van der Waals surface area (Å²) in [4.78, 5) is 21.3. The van der Waals surface area contributed by atoms with E-state index in [1.54, 1.807) is 29.1 Å². The van der Waals surface area contributed by atoms with E-state index >= 15 is 0 Å². The quantitative estimate of drug-likeness (QED) is 0.448. The number of benzene rings is 1. The summed E-state index contributed by atoms with van der Waals surface area (Å²) in [5.74, 6) is -0.269. The summed E-state index contributed by atoms with van der Waals surface area (Å²) < 4.78 is 41.7. The number of hydrogen-bond donors (Lipinski definition) is 2. The van der Waals surface area contributed by atoms with Gasteiger partial charge in [-0.05, 0) is 48.9 Å². The predicted molar refractivity (Wildman–Crippen MR) is 117 cm³/mol. The van der Waals surface area contributed by atoms with Crippen molar-refractivity contribution in [1.82, 2.24) is 19.7 Å². The molecule has 3 N–H and O–H groups in total. The van der Waals surface area contributed by atoms with Crippen molar-refractivity contribution in [3.63, 3.8) is 0 Å². The fourth-order valence-corrected chi connectivity index (χ4v) is 4.27. The molecule has 1 aromatic carbocycles. The molecular weight excluding hydrogens is 451 g/mol. The monoisotopic (exact) mass is 474 g/mol. The van der Waals surface area contributed by atoms with E-state index in [-0.39, 0.29) is 41.4 Å². The van der Waals surface area contributed by atoms with Crippen molar-refractivity contribution in [2.24, 2.45) is 11.1 Å². The molecule has 2 aromatic heterocycles. The SMILES string of the molecule is NS(=O)(=O)OC[C@@H]1CC[C@H](Nc2ncncc2C(=O)c2ccn(Cc3cccc(F)c3)n2)C1. The van der Waals surface area contributed by atoms with E-state index in [1.165, 1.54) is 24.7 Å². The Hall–Kier alpha value is -3.22. The fourth-order valence-electron chi connectivity index (χ4n) is 3.88. The van der Waals surface area contributed by atoms with E-state index in [0.29, 0.717) is 18.8 Å². The summed E-state index contributed by atoms with van der Waals surface area (Å²) in [6.07, 6.45) is 6.60. The highest BCUT2D eigenvalue weighted by Crippen LogP contribution is 2.29. The van der Waals surface area contributed by atoms with Crippen molar-refractivity contribution in [3.8, 4) is 0 Å². The Balaban J connectivity index is 1.42. The third-order valence-electron chi connectivity index (χ3n) is 5.41. The average molecular weight is 475 g/mol. The highest BCUT2D eigenvalue weighted by atomic mass is 32.2. The molecule has 0 bridgehead atoms.